The fourth-order valence-corrected chi connectivity index (χ4v) is 3.82. The number of hydrogen-bond acceptors (Lipinski definition) is 4. The van der Waals surface area contributed by atoms with E-state index in [9.17, 15) is 9.59 Å². The number of carboxylic acid groups (broad SMARTS) is 1. The van der Waals surface area contributed by atoms with Gasteiger partial charge in [-0.3, -0.25) is 15.0 Å². The number of nitrogens with one attached hydrogen (secondary N) is 1. The number of hydrogen-bond donors (Lipinski definition) is 3. The van der Waals surface area contributed by atoms with E-state index in [-0.39, 0.29) is 36.7 Å². The lowest BCUT2D eigenvalue weighted by Gasteiger charge is -2.36. The SMILES string of the molecule is COC1=C(c2ccc(CCC(=O)O)cc2)C(=O)N(C2CCN(C(=N)N)CC2)C1.Cl. The molecule has 2 aliphatic rings. The number of benzene rings is 1. The van der Waals surface area contributed by atoms with Crippen LogP contribution in [0.3, 0.4) is 0 Å². The maximum Gasteiger partial charge on any atom is 0.303 e. The van der Waals surface area contributed by atoms with Crippen molar-refractivity contribution in [2.45, 2.75) is 31.7 Å². The Kier molecular flexibility index (Phi) is 7.50. The van der Waals surface area contributed by atoms with Gasteiger partial charge in [0, 0.05) is 25.6 Å². The predicted octanol–water partition coefficient (Wildman–Crippen LogP) is 1.68. The summed E-state index contributed by atoms with van der Waals surface area (Å²) in [6.45, 7) is 1.77. The van der Waals surface area contributed by atoms with E-state index < -0.39 is 5.97 Å². The monoisotopic (exact) mass is 422 g/mol. The van der Waals surface area contributed by atoms with E-state index in [1.165, 1.54) is 0 Å². The van der Waals surface area contributed by atoms with Gasteiger partial charge in [0.1, 0.15) is 5.76 Å². The van der Waals surface area contributed by atoms with Gasteiger partial charge in [-0.25, -0.2) is 0 Å². The molecule has 2 heterocycles. The van der Waals surface area contributed by atoms with Crippen LogP contribution in [0.5, 0.6) is 0 Å². The molecule has 158 valence electrons. The van der Waals surface area contributed by atoms with E-state index in [4.69, 9.17) is 21.0 Å². The van der Waals surface area contributed by atoms with Crippen LogP contribution in [-0.2, 0) is 20.7 Å². The van der Waals surface area contributed by atoms with Gasteiger partial charge in [0.2, 0.25) is 0 Å². The number of methoxy groups -OCH3 is 1. The molecule has 2 aliphatic heterocycles. The molecule has 8 nitrogen and oxygen atoms in total. The topological polar surface area (TPSA) is 120 Å². The largest absolute Gasteiger partial charge is 0.498 e. The number of aryl methyl sites for hydroxylation is 1. The Morgan fingerprint density at radius 3 is 2.41 bits per heavy atom. The number of piperidine rings is 1. The minimum absolute atomic E-state index is 0. The highest BCUT2D eigenvalue weighted by atomic mass is 35.5. The first kappa shape index (κ1) is 22.5. The number of carbonyl (C=O) groups excluding carboxylic acids is 1. The molecule has 9 heteroatoms. The number of nitrogens with zero attached hydrogens (tertiary/aromatic N) is 2. The smallest absolute Gasteiger partial charge is 0.303 e. The number of carboxylic acids is 1. The maximum absolute atomic E-state index is 13.1. The van der Waals surface area contributed by atoms with Gasteiger partial charge in [-0.15, -0.1) is 12.4 Å². The van der Waals surface area contributed by atoms with Crippen LogP contribution >= 0.6 is 12.4 Å². The van der Waals surface area contributed by atoms with Gasteiger partial charge in [0.15, 0.2) is 5.96 Å². The summed E-state index contributed by atoms with van der Waals surface area (Å²) >= 11 is 0. The average Bonchev–Trinajstić information content (AvgIpc) is 3.03. The molecule has 1 amide bonds. The maximum atomic E-state index is 13.1. The fraction of sp³-hybridized carbons (Fsp3) is 0.450. The van der Waals surface area contributed by atoms with Gasteiger partial charge < -0.3 is 25.4 Å². The highest BCUT2D eigenvalue weighted by molar-refractivity contribution is 6.22. The molecule has 0 bridgehead atoms. The third kappa shape index (κ3) is 5.00. The molecule has 29 heavy (non-hydrogen) atoms. The van der Waals surface area contributed by atoms with Gasteiger partial charge in [-0.2, -0.15) is 0 Å². The van der Waals surface area contributed by atoms with Crippen LogP contribution < -0.4 is 5.73 Å². The van der Waals surface area contributed by atoms with Gasteiger partial charge in [-0.05, 0) is 30.4 Å². The first-order valence-corrected chi connectivity index (χ1v) is 9.39. The third-order valence-corrected chi connectivity index (χ3v) is 5.43. The standard InChI is InChI=1S/C20H26N4O4.ClH/c1-28-16-12-24(15-8-10-23(11-9-15)20(21)22)19(27)18(16)14-5-2-13(3-6-14)4-7-17(25)26;/h2-3,5-6,15H,4,7-12H2,1H3,(H3,21,22)(H,25,26);1H. The van der Waals surface area contributed by atoms with Crippen molar-refractivity contribution in [3.63, 3.8) is 0 Å². The molecule has 3 rings (SSSR count). The Hall–Kier alpha value is -2.74. The number of nitrogens with two attached hydrogens (primary N) is 1. The van der Waals surface area contributed by atoms with Crippen molar-refractivity contribution in [2.75, 3.05) is 26.7 Å². The normalized spacial score (nSPS) is 17.3. The van der Waals surface area contributed by atoms with Gasteiger partial charge in [0.05, 0.1) is 19.2 Å². The Labute approximate surface area is 176 Å². The number of halogens is 1. The molecule has 1 aromatic carbocycles. The summed E-state index contributed by atoms with van der Waals surface area (Å²) in [5.74, 6) is -0.148. The lowest BCUT2D eigenvalue weighted by molar-refractivity contribution is -0.137. The molecule has 1 saturated heterocycles. The molecule has 0 unspecified atom stereocenters. The number of amides is 1. The second-order valence-corrected chi connectivity index (χ2v) is 7.13. The zero-order valence-corrected chi connectivity index (χ0v) is 17.2. The van der Waals surface area contributed by atoms with Crippen LogP contribution in [0.15, 0.2) is 30.0 Å². The Balaban J connectivity index is 0.00000300. The molecular formula is C20H27ClN4O4. The number of rotatable bonds is 6. The van der Waals surface area contributed by atoms with Crippen LogP contribution in [0.2, 0.25) is 0 Å². The lowest BCUT2D eigenvalue weighted by Crippen LogP contribution is -2.49. The minimum atomic E-state index is -0.828. The summed E-state index contributed by atoms with van der Waals surface area (Å²) in [6, 6.07) is 7.52. The molecule has 0 aromatic heterocycles. The van der Waals surface area contributed by atoms with Crippen LogP contribution in [0.1, 0.15) is 30.4 Å². The number of ether oxygens (including phenoxy) is 1. The molecule has 0 saturated carbocycles. The molecule has 1 aromatic rings. The van der Waals surface area contributed by atoms with Crippen molar-refractivity contribution in [3.05, 3.63) is 41.2 Å². The summed E-state index contributed by atoms with van der Waals surface area (Å²) < 4.78 is 5.51. The van der Waals surface area contributed by atoms with Gasteiger partial charge in [-0.1, -0.05) is 24.3 Å². The summed E-state index contributed by atoms with van der Waals surface area (Å²) in [4.78, 5) is 27.5. The number of carbonyl (C=O) groups is 2. The molecule has 4 N–H and O–H groups in total. The molecule has 0 atom stereocenters. The highest BCUT2D eigenvalue weighted by Crippen LogP contribution is 2.32. The first-order valence-electron chi connectivity index (χ1n) is 9.39. The zero-order chi connectivity index (χ0) is 20.3. The Bertz CT molecular complexity index is 801. The van der Waals surface area contributed by atoms with E-state index in [1.807, 2.05) is 34.1 Å². The summed E-state index contributed by atoms with van der Waals surface area (Å²) in [5, 5.41) is 16.4. The molecule has 0 aliphatic carbocycles. The van der Waals surface area contributed by atoms with Crippen molar-refractivity contribution < 1.29 is 19.4 Å². The molecule has 0 radical (unpaired) electrons. The van der Waals surface area contributed by atoms with Crippen molar-refractivity contribution in [2.24, 2.45) is 5.73 Å². The van der Waals surface area contributed by atoms with Crippen molar-refractivity contribution in [1.29, 1.82) is 5.41 Å². The third-order valence-electron chi connectivity index (χ3n) is 5.43. The van der Waals surface area contributed by atoms with Crippen molar-refractivity contribution in [1.82, 2.24) is 9.80 Å². The first-order chi connectivity index (χ1) is 13.4. The fourth-order valence-electron chi connectivity index (χ4n) is 3.82. The lowest BCUT2D eigenvalue weighted by atomic mass is 10.0. The minimum Gasteiger partial charge on any atom is -0.498 e. The van der Waals surface area contributed by atoms with E-state index in [0.717, 1.165) is 24.0 Å². The predicted molar refractivity (Wildman–Crippen MR) is 112 cm³/mol. The number of likely N-dealkylation sites (tertiary alicyclic amines) is 1. The second-order valence-electron chi connectivity index (χ2n) is 7.13. The summed E-state index contributed by atoms with van der Waals surface area (Å²) in [6.07, 6.45) is 2.07. The van der Waals surface area contributed by atoms with Crippen LogP contribution in [0, 0.1) is 5.41 Å². The van der Waals surface area contributed by atoms with E-state index in [1.54, 1.807) is 7.11 Å². The zero-order valence-electron chi connectivity index (χ0n) is 16.4. The highest BCUT2D eigenvalue weighted by Gasteiger charge is 2.37. The Morgan fingerprint density at radius 1 is 1.28 bits per heavy atom. The molecular weight excluding hydrogens is 396 g/mol. The van der Waals surface area contributed by atoms with Gasteiger partial charge >= 0.3 is 5.97 Å². The quantitative estimate of drug-likeness (QED) is 0.474. The van der Waals surface area contributed by atoms with E-state index in [2.05, 4.69) is 0 Å². The second kappa shape index (κ2) is 9.65. The Morgan fingerprint density at radius 2 is 1.90 bits per heavy atom. The van der Waals surface area contributed by atoms with Crippen molar-refractivity contribution >= 4 is 35.8 Å². The van der Waals surface area contributed by atoms with Crippen LogP contribution in [0.4, 0.5) is 0 Å². The molecule has 0 spiro atoms. The summed E-state index contributed by atoms with van der Waals surface area (Å²) in [7, 11) is 1.58. The number of aliphatic carboxylic acids is 1. The van der Waals surface area contributed by atoms with E-state index in [0.29, 0.717) is 37.4 Å². The van der Waals surface area contributed by atoms with Gasteiger partial charge in [0.25, 0.3) is 5.91 Å². The van der Waals surface area contributed by atoms with Crippen LogP contribution in [-0.4, -0.2) is 65.5 Å². The van der Waals surface area contributed by atoms with Crippen molar-refractivity contribution in [3.8, 4) is 0 Å². The summed E-state index contributed by atoms with van der Waals surface area (Å²) in [5.41, 5.74) is 7.83. The average molecular weight is 423 g/mol. The molecule has 1 fully saturated rings. The number of guanidine groups is 1. The van der Waals surface area contributed by atoms with E-state index >= 15 is 0 Å². The van der Waals surface area contributed by atoms with Crippen LogP contribution in [0.25, 0.3) is 5.57 Å².